The molecule has 0 saturated carbocycles. The first-order valence-corrected chi connectivity index (χ1v) is 13.0. The van der Waals surface area contributed by atoms with Gasteiger partial charge in [-0.25, -0.2) is 4.98 Å². The fourth-order valence-electron chi connectivity index (χ4n) is 4.78. The Kier molecular flexibility index (Phi) is 7.53. The van der Waals surface area contributed by atoms with Crippen LogP contribution in [0.25, 0.3) is 10.2 Å². The monoisotopic (exact) mass is 464 g/mol. The van der Waals surface area contributed by atoms with Gasteiger partial charge in [0.25, 0.3) is 0 Å². The Morgan fingerprint density at radius 3 is 2.85 bits per heavy atom. The van der Waals surface area contributed by atoms with Crippen molar-refractivity contribution in [1.82, 2.24) is 10.3 Å². The summed E-state index contributed by atoms with van der Waals surface area (Å²) in [7, 11) is 0. The van der Waals surface area contributed by atoms with Gasteiger partial charge in [0.2, 0.25) is 5.91 Å². The maximum atomic E-state index is 12.9. The van der Waals surface area contributed by atoms with Gasteiger partial charge in [0.1, 0.15) is 0 Å². The molecule has 1 saturated heterocycles. The molecule has 1 amide bonds. The number of thiazole rings is 1. The zero-order valence-electron chi connectivity index (χ0n) is 20.4. The number of anilines is 2. The Balaban J connectivity index is 1.29. The summed E-state index contributed by atoms with van der Waals surface area (Å²) < 4.78 is 1.24. The molecule has 1 aromatic heterocycles. The second-order valence-corrected chi connectivity index (χ2v) is 10.3. The molecule has 0 aliphatic carbocycles. The lowest BCUT2D eigenvalue weighted by Gasteiger charge is -2.31. The van der Waals surface area contributed by atoms with Crippen LogP contribution in [0.5, 0.6) is 0 Å². The largest absolute Gasteiger partial charge is 0.372 e. The van der Waals surface area contributed by atoms with Gasteiger partial charge in [-0.05, 0) is 81.8 Å². The van der Waals surface area contributed by atoms with Crippen LogP contribution in [0.1, 0.15) is 42.9 Å². The highest BCUT2D eigenvalue weighted by molar-refractivity contribution is 7.22. The van der Waals surface area contributed by atoms with E-state index in [4.69, 9.17) is 4.98 Å². The average molecular weight is 465 g/mol. The lowest BCUT2D eigenvalue weighted by atomic mass is 9.97. The summed E-state index contributed by atoms with van der Waals surface area (Å²) in [5, 5.41) is 4.25. The van der Waals surface area contributed by atoms with E-state index in [-0.39, 0.29) is 11.8 Å². The highest BCUT2D eigenvalue weighted by Crippen LogP contribution is 2.33. The van der Waals surface area contributed by atoms with Gasteiger partial charge in [-0.2, -0.15) is 0 Å². The van der Waals surface area contributed by atoms with Crippen LogP contribution >= 0.6 is 11.3 Å². The van der Waals surface area contributed by atoms with Crippen LogP contribution in [0.15, 0.2) is 36.4 Å². The molecule has 33 heavy (non-hydrogen) atoms. The van der Waals surface area contributed by atoms with Crippen LogP contribution in [0.3, 0.4) is 0 Å². The molecule has 2 aromatic carbocycles. The predicted molar refractivity (Wildman–Crippen MR) is 141 cm³/mol. The van der Waals surface area contributed by atoms with E-state index < -0.39 is 0 Å². The number of fused-ring (bicyclic) bond motifs is 1. The molecule has 2 heterocycles. The normalized spacial score (nSPS) is 16.2. The maximum Gasteiger partial charge on any atom is 0.224 e. The lowest BCUT2D eigenvalue weighted by molar-refractivity contribution is -0.125. The Labute approximate surface area is 201 Å². The summed E-state index contributed by atoms with van der Waals surface area (Å²) in [6.45, 7) is 12.9. The van der Waals surface area contributed by atoms with Gasteiger partial charge in [0.15, 0.2) is 5.13 Å². The molecule has 1 N–H and O–H groups in total. The van der Waals surface area contributed by atoms with Crippen LogP contribution in [0, 0.1) is 26.7 Å². The van der Waals surface area contributed by atoms with Gasteiger partial charge >= 0.3 is 0 Å². The summed E-state index contributed by atoms with van der Waals surface area (Å²) in [5.74, 6) is 0.221. The smallest absolute Gasteiger partial charge is 0.224 e. The summed E-state index contributed by atoms with van der Waals surface area (Å²) in [6.07, 6.45) is 2.93. The summed E-state index contributed by atoms with van der Waals surface area (Å²) in [6, 6.07) is 13.0. The molecule has 1 fully saturated rings. The third-order valence-corrected chi connectivity index (χ3v) is 7.60. The zero-order valence-corrected chi connectivity index (χ0v) is 21.2. The quantitative estimate of drug-likeness (QED) is 0.449. The van der Waals surface area contributed by atoms with Crippen molar-refractivity contribution >= 4 is 38.3 Å². The number of rotatable bonds is 8. The molecular weight excluding hydrogens is 428 g/mol. The van der Waals surface area contributed by atoms with E-state index in [1.54, 1.807) is 11.3 Å². The summed E-state index contributed by atoms with van der Waals surface area (Å²) >= 11 is 1.75. The number of carbonyl (C=O) groups excluding carboxylic acids is 1. The Morgan fingerprint density at radius 1 is 1.21 bits per heavy atom. The Morgan fingerprint density at radius 2 is 2.06 bits per heavy atom. The number of aromatic nitrogens is 1. The van der Waals surface area contributed by atoms with Crippen LogP contribution < -0.4 is 15.1 Å². The van der Waals surface area contributed by atoms with E-state index in [0.29, 0.717) is 0 Å². The van der Waals surface area contributed by atoms with E-state index in [1.165, 1.54) is 27.1 Å². The van der Waals surface area contributed by atoms with Gasteiger partial charge in [-0.1, -0.05) is 29.5 Å². The van der Waals surface area contributed by atoms with Crippen LogP contribution in [0.4, 0.5) is 10.8 Å². The van der Waals surface area contributed by atoms with Gasteiger partial charge in [-0.15, -0.1) is 0 Å². The van der Waals surface area contributed by atoms with Crippen molar-refractivity contribution < 1.29 is 4.79 Å². The van der Waals surface area contributed by atoms with E-state index in [1.807, 2.05) is 0 Å². The molecule has 3 aromatic rings. The molecule has 1 atom stereocenters. The zero-order chi connectivity index (χ0) is 23.4. The number of carbonyl (C=O) groups is 1. The SMILES string of the molecule is CCN(CCCNC(=O)C1CCCN(c2nc3c(C)cc(C)cc3s2)C1)c1cccc(C)c1. The van der Waals surface area contributed by atoms with Gasteiger partial charge in [0, 0.05) is 38.4 Å². The molecular formula is C27H36N4OS. The lowest BCUT2D eigenvalue weighted by Crippen LogP contribution is -2.43. The molecule has 176 valence electrons. The molecule has 1 aliphatic rings. The van der Waals surface area contributed by atoms with Crippen molar-refractivity contribution in [3.8, 4) is 0 Å². The number of benzene rings is 2. The summed E-state index contributed by atoms with van der Waals surface area (Å²) in [5.41, 5.74) is 6.13. The van der Waals surface area contributed by atoms with Crippen molar-refractivity contribution in [3.63, 3.8) is 0 Å². The molecule has 6 heteroatoms. The van der Waals surface area contributed by atoms with Crippen molar-refractivity contribution in [3.05, 3.63) is 53.1 Å². The molecule has 5 nitrogen and oxygen atoms in total. The number of nitrogens with one attached hydrogen (secondary N) is 1. The standard InChI is InChI=1S/C27H36N4OS/c1-5-30(23-11-6-9-19(2)16-23)14-8-12-28-26(32)22-10-7-13-31(18-22)27-29-25-21(4)15-20(3)17-24(25)33-27/h6,9,11,15-17,22H,5,7-8,10,12-14,18H2,1-4H3,(H,28,32). The number of piperidine rings is 1. The van der Waals surface area contributed by atoms with Gasteiger partial charge in [0.05, 0.1) is 16.1 Å². The van der Waals surface area contributed by atoms with Gasteiger partial charge in [-0.3, -0.25) is 4.79 Å². The first-order chi connectivity index (χ1) is 15.9. The Hall–Kier alpha value is -2.60. The number of aryl methyl sites for hydroxylation is 3. The second-order valence-electron chi connectivity index (χ2n) is 9.27. The second kappa shape index (κ2) is 10.6. The van der Waals surface area contributed by atoms with Crippen LogP contribution in [0.2, 0.25) is 0 Å². The van der Waals surface area contributed by atoms with Crippen LogP contribution in [-0.4, -0.2) is 43.6 Å². The topological polar surface area (TPSA) is 48.5 Å². The summed E-state index contributed by atoms with van der Waals surface area (Å²) in [4.78, 5) is 22.5. The molecule has 0 radical (unpaired) electrons. The first-order valence-electron chi connectivity index (χ1n) is 12.2. The first kappa shape index (κ1) is 23.6. The van der Waals surface area contributed by atoms with E-state index >= 15 is 0 Å². The third-order valence-electron chi connectivity index (χ3n) is 6.53. The third kappa shape index (κ3) is 5.67. The molecule has 4 rings (SSSR count). The Bertz CT molecular complexity index is 1110. The minimum atomic E-state index is 0.0349. The molecule has 0 bridgehead atoms. The molecule has 1 unspecified atom stereocenters. The number of amides is 1. The molecule has 1 aliphatic heterocycles. The number of nitrogens with zero attached hydrogens (tertiary/aromatic N) is 3. The number of hydrogen-bond donors (Lipinski definition) is 1. The highest BCUT2D eigenvalue weighted by atomic mass is 32.1. The molecule has 0 spiro atoms. The minimum absolute atomic E-state index is 0.0349. The highest BCUT2D eigenvalue weighted by Gasteiger charge is 2.27. The van der Waals surface area contributed by atoms with E-state index in [0.717, 1.165) is 62.6 Å². The van der Waals surface area contributed by atoms with Crippen molar-refractivity contribution in [2.24, 2.45) is 5.92 Å². The van der Waals surface area contributed by atoms with Crippen molar-refractivity contribution in [2.75, 3.05) is 42.5 Å². The van der Waals surface area contributed by atoms with Crippen molar-refractivity contribution in [1.29, 1.82) is 0 Å². The average Bonchev–Trinajstić information content (AvgIpc) is 3.23. The number of hydrogen-bond acceptors (Lipinski definition) is 5. The van der Waals surface area contributed by atoms with Crippen LogP contribution in [-0.2, 0) is 4.79 Å². The van der Waals surface area contributed by atoms with Crippen molar-refractivity contribution in [2.45, 2.75) is 47.0 Å². The fourth-order valence-corrected chi connectivity index (χ4v) is 5.96. The predicted octanol–water partition coefficient (Wildman–Crippen LogP) is 5.47. The van der Waals surface area contributed by atoms with E-state index in [2.05, 4.69) is 79.2 Å². The maximum absolute atomic E-state index is 12.9. The van der Waals surface area contributed by atoms with Gasteiger partial charge < -0.3 is 15.1 Å². The minimum Gasteiger partial charge on any atom is -0.372 e. The fraction of sp³-hybridized carbons (Fsp3) is 0.481. The van der Waals surface area contributed by atoms with E-state index in [9.17, 15) is 4.79 Å².